The van der Waals surface area contributed by atoms with E-state index in [1.54, 1.807) is 7.11 Å². The van der Waals surface area contributed by atoms with Crippen LogP contribution in [0.1, 0.15) is 6.92 Å². The second kappa shape index (κ2) is 4.22. The molecule has 2 heteroatoms. The second-order valence-electron chi connectivity index (χ2n) is 3.42. The minimum absolute atomic E-state index is 0.896. The maximum absolute atomic E-state index is 5.23. The number of hydrogen-bond acceptors (Lipinski definition) is 2. The predicted molar refractivity (Wildman–Crippen MR) is 64.7 cm³/mol. The maximum Gasteiger partial charge on any atom is 0.119 e. The van der Waals surface area contributed by atoms with Crippen molar-refractivity contribution in [2.24, 2.45) is 0 Å². The van der Waals surface area contributed by atoms with E-state index >= 15 is 0 Å². The van der Waals surface area contributed by atoms with E-state index < -0.39 is 0 Å². The van der Waals surface area contributed by atoms with Gasteiger partial charge in [0, 0.05) is 17.6 Å². The van der Waals surface area contributed by atoms with E-state index in [0.29, 0.717) is 0 Å². The van der Waals surface area contributed by atoms with Gasteiger partial charge in [0.25, 0.3) is 0 Å². The third-order valence-electron chi connectivity index (χ3n) is 2.46. The van der Waals surface area contributed by atoms with Crippen LogP contribution in [0.3, 0.4) is 0 Å². The Kier molecular flexibility index (Phi) is 2.77. The molecule has 0 aromatic heterocycles. The van der Waals surface area contributed by atoms with E-state index in [4.69, 9.17) is 4.74 Å². The zero-order chi connectivity index (χ0) is 10.7. The van der Waals surface area contributed by atoms with Crippen LogP contribution in [0.4, 0.5) is 5.69 Å². The summed E-state index contributed by atoms with van der Waals surface area (Å²) in [5, 5.41) is 5.78. The lowest BCUT2D eigenvalue weighted by Crippen LogP contribution is -1.97. The van der Waals surface area contributed by atoms with Gasteiger partial charge in [-0.1, -0.05) is 18.2 Å². The first kappa shape index (κ1) is 9.84. The number of fused-ring (bicyclic) bond motifs is 1. The molecule has 0 unspecified atom stereocenters. The summed E-state index contributed by atoms with van der Waals surface area (Å²) in [5.41, 5.74) is 1.16. The van der Waals surface area contributed by atoms with Crippen LogP contribution >= 0.6 is 0 Å². The average molecular weight is 201 g/mol. The van der Waals surface area contributed by atoms with Crippen LogP contribution < -0.4 is 10.1 Å². The Balaban J connectivity index is 2.59. The van der Waals surface area contributed by atoms with Gasteiger partial charge in [-0.2, -0.15) is 0 Å². The monoisotopic (exact) mass is 201 g/mol. The molecule has 0 atom stereocenters. The van der Waals surface area contributed by atoms with Crippen molar-refractivity contribution in [3.05, 3.63) is 36.4 Å². The third-order valence-corrected chi connectivity index (χ3v) is 2.46. The number of rotatable bonds is 3. The normalized spacial score (nSPS) is 10.3. The molecule has 2 rings (SSSR count). The quantitative estimate of drug-likeness (QED) is 0.822. The van der Waals surface area contributed by atoms with Crippen LogP contribution in [0.2, 0.25) is 0 Å². The van der Waals surface area contributed by atoms with Crippen LogP contribution in [0.25, 0.3) is 10.8 Å². The van der Waals surface area contributed by atoms with E-state index in [2.05, 4.69) is 42.6 Å². The molecule has 0 aliphatic rings. The lowest BCUT2D eigenvalue weighted by molar-refractivity contribution is 0.415. The molecule has 0 radical (unpaired) electrons. The molecule has 0 amide bonds. The minimum Gasteiger partial charge on any atom is -0.497 e. The van der Waals surface area contributed by atoms with Crippen LogP contribution in [0, 0.1) is 0 Å². The fourth-order valence-corrected chi connectivity index (χ4v) is 1.72. The van der Waals surface area contributed by atoms with Crippen molar-refractivity contribution in [1.29, 1.82) is 0 Å². The van der Waals surface area contributed by atoms with Gasteiger partial charge >= 0.3 is 0 Å². The zero-order valence-corrected chi connectivity index (χ0v) is 9.08. The lowest BCUT2D eigenvalue weighted by Gasteiger charge is -2.09. The molecular formula is C13H15NO. The van der Waals surface area contributed by atoms with Crippen molar-refractivity contribution in [3.63, 3.8) is 0 Å². The molecule has 0 aliphatic carbocycles. The molecule has 2 aromatic rings. The van der Waals surface area contributed by atoms with Crippen LogP contribution in [0.15, 0.2) is 36.4 Å². The summed E-state index contributed by atoms with van der Waals surface area (Å²) in [6, 6.07) is 12.4. The Morgan fingerprint density at radius 3 is 2.80 bits per heavy atom. The molecule has 1 N–H and O–H groups in total. The highest BCUT2D eigenvalue weighted by atomic mass is 16.5. The van der Waals surface area contributed by atoms with Crippen LogP contribution in [0.5, 0.6) is 5.75 Å². The summed E-state index contributed by atoms with van der Waals surface area (Å²) >= 11 is 0. The minimum atomic E-state index is 0.896. The summed E-state index contributed by atoms with van der Waals surface area (Å²) in [4.78, 5) is 0. The molecule has 0 heterocycles. The molecule has 78 valence electrons. The number of nitrogens with one attached hydrogen (secondary N) is 1. The molecule has 0 fully saturated rings. The molecule has 15 heavy (non-hydrogen) atoms. The van der Waals surface area contributed by atoms with Gasteiger partial charge in [0.05, 0.1) is 7.11 Å². The maximum atomic E-state index is 5.23. The van der Waals surface area contributed by atoms with E-state index in [1.807, 2.05) is 6.07 Å². The highest BCUT2D eigenvalue weighted by Crippen LogP contribution is 2.27. The topological polar surface area (TPSA) is 21.3 Å². The van der Waals surface area contributed by atoms with Crippen molar-refractivity contribution < 1.29 is 4.74 Å². The third kappa shape index (κ3) is 1.89. The summed E-state index contributed by atoms with van der Waals surface area (Å²) in [7, 11) is 1.69. The van der Waals surface area contributed by atoms with Gasteiger partial charge in [0.2, 0.25) is 0 Å². The van der Waals surface area contributed by atoms with Crippen molar-refractivity contribution in [2.45, 2.75) is 6.92 Å². The number of hydrogen-bond donors (Lipinski definition) is 1. The number of anilines is 1. The van der Waals surface area contributed by atoms with Gasteiger partial charge in [-0.3, -0.25) is 0 Å². The fourth-order valence-electron chi connectivity index (χ4n) is 1.72. The second-order valence-corrected chi connectivity index (χ2v) is 3.42. The molecule has 2 nitrogen and oxygen atoms in total. The number of ether oxygens (including phenoxy) is 1. The van der Waals surface area contributed by atoms with Gasteiger partial charge in [-0.15, -0.1) is 0 Å². The molecule has 0 saturated heterocycles. The van der Waals surface area contributed by atoms with Gasteiger partial charge in [-0.05, 0) is 30.5 Å². The summed E-state index contributed by atoms with van der Waals surface area (Å²) in [5.74, 6) is 0.896. The summed E-state index contributed by atoms with van der Waals surface area (Å²) in [6.07, 6.45) is 0. The Morgan fingerprint density at radius 1 is 1.20 bits per heavy atom. The van der Waals surface area contributed by atoms with Crippen LogP contribution in [-0.4, -0.2) is 13.7 Å². The molecule has 0 saturated carbocycles. The standard InChI is InChI=1S/C13H15NO/c1-3-14-13-6-4-5-10-7-8-11(15-2)9-12(10)13/h4-9,14H,3H2,1-2H3. The lowest BCUT2D eigenvalue weighted by atomic mass is 10.1. The largest absolute Gasteiger partial charge is 0.497 e. The molecule has 2 aromatic carbocycles. The van der Waals surface area contributed by atoms with Crippen molar-refractivity contribution in [1.82, 2.24) is 0 Å². The van der Waals surface area contributed by atoms with Gasteiger partial charge in [0.15, 0.2) is 0 Å². The smallest absolute Gasteiger partial charge is 0.119 e. The van der Waals surface area contributed by atoms with Gasteiger partial charge < -0.3 is 10.1 Å². The number of methoxy groups -OCH3 is 1. The van der Waals surface area contributed by atoms with E-state index in [1.165, 1.54) is 10.8 Å². The first-order valence-electron chi connectivity index (χ1n) is 5.16. The van der Waals surface area contributed by atoms with Crippen molar-refractivity contribution >= 4 is 16.5 Å². The first-order chi connectivity index (χ1) is 7.35. The summed E-state index contributed by atoms with van der Waals surface area (Å²) < 4.78 is 5.23. The van der Waals surface area contributed by atoms with Gasteiger partial charge in [0.1, 0.15) is 5.75 Å². The molecule has 0 spiro atoms. The van der Waals surface area contributed by atoms with E-state index in [9.17, 15) is 0 Å². The van der Waals surface area contributed by atoms with Gasteiger partial charge in [-0.25, -0.2) is 0 Å². The summed E-state index contributed by atoms with van der Waals surface area (Å²) in [6.45, 7) is 3.02. The fraction of sp³-hybridized carbons (Fsp3) is 0.231. The molecule has 0 aliphatic heterocycles. The highest BCUT2D eigenvalue weighted by Gasteiger charge is 2.00. The average Bonchev–Trinajstić information content (AvgIpc) is 2.29. The Morgan fingerprint density at radius 2 is 2.07 bits per heavy atom. The van der Waals surface area contributed by atoms with Crippen molar-refractivity contribution in [3.8, 4) is 5.75 Å². The Labute approximate surface area is 89.9 Å². The van der Waals surface area contributed by atoms with E-state index in [0.717, 1.165) is 18.0 Å². The SMILES string of the molecule is CCNc1cccc2ccc(OC)cc12. The Hall–Kier alpha value is -1.70. The Bertz CT molecular complexity index is 465. The number of benzene rings is 2. The van der Waals surface area contributed by atoms with Crippen molar-refractivity contribution in [2.75, 3.05) is 19.0 Å². The highest BCUT2D eigenvalue weighted by molar-refractivity contribution is 5.94. The first-order valence-corrected chi connectivity index (χ1v) is 5.16. The van der Waals surface area contributed by atoms with Crippen LogP contribution in [-0.2, 0) is 0 Å². The molecule has 0 bridgehead atoms. The van der Waals surface area contributed by atoms with E-state index in [-0.39, 0.29) is 0 Å². The predicted octanol–water partition coefficient (Wildman–Crippen LogP) is 3.28. The molecular weight excluding hydrogens is 186 g/mol. The zero-order valence-electron chi connectivity index (χ0n) is 9.08.